The highest BCUT2D eigenvalue weighted by atomic mass is 15.1. The fourth-order valence-corrected chi connectivity index (χ4v) is 2.73. The van der Waals surface area contributed by atoms with E-state index in [4.69, 9.17) is 0 Å². The van der Waals surface area contributed by atoms with E-state index in [-0.39, 0.29) is 0 Å². The van der Waals surface area contributed by atoms with Crippen molar-refractivity contribution in [1.82, 2.24) is 10.3 Å². The number of pyridine rings is 1. The van der Waals surface area contributed by atoms with Gasteiger partial charge >= 0.3 is 0 Å². The van der Waals surface area contributed by atoms with E-state index in [9.17, 15) is 0 Å². The molecule has 1 N–H and O–H groups in total. The Morgan fingerprint density at radius 2 is 1.75 bits per heavy atom. The lowest BCUT2D eigenvalue weighted by Gasteiger charge is -2.34. The molecular weight excluding hydrogens is 246 g/mol. The number of hydrogen-bond acceptors (Lipinski definition) is 3. The van der Waals surface area contributed by atoms with Gasteiger partial charge in [0.1, 0.15) is 0 Å². The van der Waals surface area contributed by atoms with Gasteiger partial charge in [-0.25, -0.2) is 0 Å². The van der Waals surface area contributed by atoms with Crippen molar-refractivity contribution >= 4 is 5.69 Å². The SMILES string of the molecule is c1ccc(N2CCC(NCc3ccccn3)CC2)cc1. The molecule has 2 heterocycles. The molecule has 2 aromatic rings. The molecule has 1 aliphatic heterocycles. The van der Waals surface area contributed by atoms with E-state index in [2.05, 4.69) is 51.6 Å². The molecule has 0 aliphatic carbocycles. The molecule has 1 saturated heterocycles. The number of anilines is 1. The summed E-state index contributed by atoms with van der Waals surface area (Å²) in [4.78, 5) is 6.82. The first-order valence-corrected chi connectivity index (χ1v) is 7.35. The second-order valence-electron chi connectivity index (χ2n) is 5.30. The number of piperidine rings is 1. The molecular formula is C17H21N3. The highest BCUT2D eigenvalue weighted by molar-refractivity contribution is 5.46. The molecule has 3 rings (SSSR count). The molecule has 3 nitrogen and oxygen atoms in total. The van der Waals surface area contributed by atoms with Crippen LogP contribution in [0.4, 0.5) is 5.69 Å². The van der Waals surface area contributed by atoms with E-state index < -0.39 is 0 Å². The lowest BCUT2D eigenvalue weighted by Crippen LogP contribution is -2.42. The van der Waals surface area contributed by atoms with Crippen molar-refractivity contribution in [2.24, 2.45) is 0 Å². The molecule has 1 aliphatic rings. The van der Waals surface area contributed by atoms with Gasteiger partial charge in [-0.3, -0.25) is 4.98 Å². The lowest BCUT2D eigenvalue weighted by atomic mass is 10.0. The van der Waals surface area contributed by atoms with Gasteiger partial charge in [-0.15, -0.1) is 0 Å². The second-order valence-corrected chi connectivity index (χ2v) is 5.30. The zero-order chi connectivity index (χ0) is 13.6. The summed E-state index contributed by atoms with van der Waals surface area (Å²) < 4.78 is 0. The van der Waals surface area contributed by atoms with Gasteiger partial charge in [0.2, 0.25) is 0 Å². The minimum atomic E-state index is 0.608. The van der Waals surface area contributed by atoms with Crippen molar-refractivity contribution in [3.63, 3.8) is 0 Å². The van der Waals surface area contributed by atoms with Crippen LogP contribution in [-0.2, 0) is 6.54 Å². The second kappa shape index (κ2) is 6.53. The van der Waals surface area contributed by atoms with Crippen LogP contribution in [0.2, 0.25) is 0 Å². The summed E-state index contributed by atoms with van der Waals surface area (Å²) in [6, 6.07) is 17.4. The molecule has 1 aromatic heterocycles. The van der Waals surface area contributed by atoms with Crippen LogP contribution < -0.4 is 10.2 Å². The molecule has 0 unspecified atom stereocenters. The van der Waals surface area contributed by atoms with Crippen LogP contribution in [0.5, 0.6) is 0 Å². The quantitative estimate of drug-likeness (QED) is 0.923. The van der Waals surface area contributed by atoms with Gasteiger partial charge in [-0.1, -0.05) is 24.3 Å². The third-order valence-corrected chi connectivity index (χ3v) is 3.91. The van der Waals surface area contributed by atoms with Crippen LogP contribution in [0.1, 0.15) is 18.5 Å². The number of nitrogens with zero attached hydrogens (tertiary/aromatic N) is 2. The van der Waals surface area contributed by atoms with Gasteiger partial charge in [0.05, 0.1) is 5.69 Å². The Morgan fingerprint density at radius 3 is 2.45 bits per heavy atom. The zero-order valence-electron chi connectivity index (χ0n) is 11.7. The van der Waals surface area contributed by atoms with E-state index >= 15 is 0 Å². The molecule has 0 amide bonds. The fourth-order valence-electron chi connectivity index (χ4n) is 2.73. The van der Waals surface area contributed by atoms with Crippen LogP contribution in [0.3, 0.4) is 0 Å². The van der Waals surface area contributed by atoms with Gasteiger partial charge in [-0.05, 0) is 37.1 Å². The molecule has 0 saturated carbocycles. The summed E-state index contributed by atoms with van der Waals surface area (Å²) in [7, 11) is 0. The van der Waals surface area contributed by atoms with Gasteiger partial charge in [0, 0.05) is 37.6 Å². The molecule has 0 atom stereocenters. The standard InChI is InChI=1S/C17H21N3/c1-2-7-17(8-3-1)20-12-9-15(10-13-20)19-14-16-6-4-5-11-18-16/h1-8,11,15,19H,9-10,12-14H2. The van der Waals surface area contributed by atoms with Crippen molar-refractivity contribution in [3.05, 3.63) is 60.4 Å². The van der Waals surface area contributed by atoms with Crippen molar-refractivity contribution < 1.29 is 0 Å². The topological polar surface area (TPSA) is 28.2 Å². The van der Waals surface area contributed by atoms with Crippen molar-refractivity contribution in [2.75, 3.05) is 18.0 Å². The minimum absolute atomic E-state index is 0.608. The Bertz CT molecular complexity index is 504. The average Bonchev–Trinajstić information content (AvgIpc) is 2.55. The van der Waals surface area contributed by atoms with E-state index in [0.717, 1.165) is 25.3 Å². The normalized spacial score (nSPS) is 16.3. The summed E-state index contributed by atoms with van der Waals surface area (Å²) in [5.41, 5.74) is 2.47. The Morgan fingerprint density at radius 1 is 1.00 bits per heavy atom. The summed E-state index contributed by atoms with van der Waals surface area (Å²) in [5.74, 6) is 0. The maximum absolute atomic E-state index is 4.35. The first-order chi connectivity index (χ1) is 9.92. The van der Waals surface area contributed by atoms with Crippen LogP contribution in [0, 0.1) is 0 Å². The van der Waals surface area contributed by atoms with Crippen LogP contribution in [0.25, 0.3) is 0 Å². The highest BCUT2D eigenvalue weighted by Crippen LogP contribution is 2.19. The number of nitrogens with one attached hydrogen (secondary N) is 1. The molecule has 1 aromatic carbocycles. The smallest absolute Gasteiger partial charge is 0.0541 e. The zero-order valence-corrected chi connectivity index (χ0v) is 11.7. The number of rotatable bonds is 4. The largest absolute Gasteiger partial charge is 0.371 e. The number of benzene rings is 1. The summed E-state index contributed by atoms with van der Waals surface area (Å²) in [5, 5.41) is 3.62. The summed E-state index contributed by atoms with van der Waals surface area (Å²) in [6.07, 6.45) is 4.25. The molecule has 104 valence electrons. The summed E-state index contributed by atoms with van der Waals surface area (Å²) >= 11 is 0. The van der Waals surface area contributed by atoms with Crippen LogP contribution in [0.15, 0.2) is 54.7 Å². The average molecular weight is 267 g/mol. The first kappa shape index (κ1) is 13.1. The molecule has 20 heavy (non-hydrogen) atoms. The van der Waals surface area contributed by atoms with E-state index in [1.165, 1.54) is 18.5 Å². The molecule has 1 fully saturated rings. The van der Waals surface area contributed by atoms with E-state index in [0.29, 0.717) is 6.04 Å². The van der Waals surface area contributed by atoms with Crippen molar-refractivity contribution in [2.45, 2.75) is 25.4 Å². The van der Waals surface area contributed by atoms with Crippen LogP contribution >= 0.6 is 0 Å². The Kier molecular flexibility index (Phi) is 4.28. The third-order valence-electron chi connectivity index (χ3n) is 3.91. The van der Waals surface area contributed by atoms with Crippen molar-refractivity contribution in [3.8, 4) is 0 Å². The number of aromatic nitrogens is 1. The molecule has 3 heteroatoms. The predicted octanol–water partition coefficient (Wildman–Crippen LogP) is 2.84. The Hall–Kier alpha value is -1.87. The van der Waals surface area contributed by atoms with E-state index in [1.54, 1.807) is 0 Å². The minimum Gasteiger partial charge on any atom is -0.371 e. The number of hydrogen-bond donors (Lipinski definition) is 1. The Balaban J connectivity index is 1.47. The van der Waals surface area contributed by atoms with Crippen molar-refractivity contribution in [1.29, 1.82) is 0 Å². The molecule has 0 radical (unpaired) electrons. The maximum Gasteiger partial charge on any atom is 0.0541 e. The van der Waals surface area contributed by atoms with E-state index in [1.807, 2.05) is 18.3 Å². The lowest BCUT2D eigenvalue weighted by molar-refractivity contribution is 0.412. The Labute approximate surface area is 120 Å². The van der Waals surface area contributed by atoms with Gasteiger partial charge < -0.3 is 10.2 Å². The van der Waals surface area contributed by atoms with Gasteiger partial charge in [0.25, 0.3) is 0 Å². The fraction of sp³-hybridized carbons (Fsp3) is 0.353. The molecule has 0 bridgehead atoms. The summed E-state index contributed by atoms with van der Waals surface area (Å²) in [6.45, 7) is 3.13. The predicted molar refractivity (Wildman–Crippen MR) is 82.8 cm³/mol. The molecule has 0 spiro atoms. The first-order valence-electron chi connectivity index (χ1n) is 7.35. The van der Waals surface area contributed by atoms with Gasteiger partial charge in [0.15, 0.2) is 0 Å². The monoisotopic (exact) mass is 267 g/mol. The maximum atomic E-state index is 4.35. The van der Waals surface area contributed by atoms with Gasteiger partial charge in [-0.2, -0.15) is 0 Å². The third kappa shape index (κ3) is 3.36. The number of para-hydroxylation sites is 1. The van der Waals surface area contributed by atoms with Crippen LogP contribution in [-0.4, -0.2) is 24.1 Å². The highest BCUT2D eigenvalue weighted by Gasteiger charge is 2.18.